The van der Waals surface area contributed by atoms with Gasteiger partial charge in [0.05, 0.1) is 17.4 Å². The minimum absolute atomic E-state index is 0.480. The summed E-state index contributed by atoms with van der Waals surface area (Å²) in [5.41, 5.74) is 4.02. The molecule has 0 saturated carbocycles. The van der Waals surface area contributed by atoms with Crippen LogP contribution in [0.25, 0.3) is 34.6 Å². The van der Waals surface area contributed by atoms with E-state index in [1.54, 1.807) is 0 Å². The molecule has 0 bridgehead atoms. The average Bonchev–Trinajstić information content (AvgIpc) is 3.27. The van der Waals surface area contributed by atoms with E-state index in [0.29, 0.717) is 11.7 Å². The lowest BCUT2D eigenvalue weighted by atomic mass is 10.2. The van der Waals surface area contributed by atoms with Crippen molar-refractivity contribution in [1.29, 1.82) is 0 Å². The van der Waals surface area contributed by atoms with Crippen LogP contribution in [-0.2, 0) is 6.54 Å². The van der Waals surface area contributed by atoms with Crippen molar-refractivity contribution in [2.45, 2.75) is 13.5 Å². The molecule has 0 N–H and O–H groups in total. The maximum atomic E-state index is 5.31. The van der Waals surface area contributed by atoms with E-state index in [9.17, 15) is 0 Å². The maximum Gasteiger partial charge on any atom is 0.250 e. The zero-order chi connectivity index (χ0) is 16.4. The third-order valence-electron chi connectivity index (χ3n) is 3.88. The molecule has 0 radical (unpaired) electrons. The number of hydrogen-bond donors (Lipinski definition) is 0. The molecule has 0 aliphatic rings. The third kappa shape index (κ3) is 2.72. The van der Waals surface area contributed by atoms with E-state index >= 15 is 0 Å². The monoisotopic (exact) mass is 316 g/mol. The van der Waals surface area contributed by atoms with E-state index in [4.69, 9.17) is 4.52 Å². The highest BCUT2D eigenvalue weighted by Crippen LogP contribution is 2.22. The lowest BCUT2D eigenvalue weighted by Crippen LogP contribution is -1.90. The van der Waals surface area contributed by atoms with E-state index in [1.807, 2.05) is 67.0 Å². The first-order valence-electron chi connectivity index (χ1n) is 7.85. The van der Waals surface area contributed by atoms with Crippen molar-refractivity contribution in [3.05, 3.63) is 66.3 Å². The number of aromatic nitrogens is 4. The molecule has 0 amide bonds. The first-order chi connectivity index (χ1) is 11.8. The van der Waals surface area contributed by atoms with Gasteiger partial charge in [-0.1, -0.05) is 35.5 Å². The molecule has 24 heavy (non-hydrogen) atoms. The van der Waals surface area contributed by atoms with Crippen LogP contribution >= 0.6 is 0 Å². The van der Waals surface area contributed by atoms with Crippen LogP contribution in [0.4, 0.5) is 0 Å². The number of hydrogen-bond acceptors (Lipinski definition) is 4. The zero-order valence-corrected chi connectivity index (χ0v) is 13.3. The second-order valence-electron chi connectivity index (χ2n) is 5.43. The SMILES string of the molecule is CCn1cnc2cc(-c3noc(C=Cc4ccccc4)n3)ccc21. The van der Waals surface area contributed by atoms with Gasteiger partial charge in [0.15, 0.2) is 0 Å². The first kappa shape index (κ1) is 14.4. The van der Waals surface area contributed by atoms with Crippen molar-refractivity contribution < 1.29 is 4.52 Å². The summed E-state index contributed by atoms with van der Waals surface area (Å²) in [5.74, 6) is 1.05. The molecule has 2 aromatic carbocycles. The van der Waals surface area contributed by atoms with Crippen LogP contribution in [0.3, 0.4) is 0 Å². The van der Waals surface area contributed by atoms with Crippen molar-refractivity contribution in [1.82, 2.24) is 19.7 Å². The Bertz CT molecular complexity index is 999. The summed E-state index contributed by atoms with van der Waals surface area (Å²) in [6.45, 7) is 2.99. The molecule has 5 nitrogen and oxygen atoms in total. The lowest BCUT2D eigenvalue weighted by Gasteiger charge is -1.99. The van der Waals surface area contributed by atoms with Crippen LogP contribution in [-0.4, -0.2) is 19.7 Å². The summed E-state index contributed by atoms with van der Waals surface area (Å²) in [5, 5.41) is 4.06. The Hall–Kier alpha value is -3.21. The molecule has 0 aliphatic heterocycles. The number of nitrogens with zero attached hydrogens (tertiary/aromatic N) is 4. The van der Waals surface area contributed by atoms with Gasteiger partial charge in [0.1, 0.15) is 0 Å². The molecule has 4 rings (SSSR count). The Labute approximate surface area is 139 Å². The van der Waals surface area contributed by atoms with Crippen LogP contribution in [0.1, 0.15) is 18.4 Å². The van der Waals surface area contributed by atoms with Gasteiger partial charge in [-0.2, -0.15) is 4.98 Å². The molecule has 0 atom stereocenters. The first-order valence-corrected chi connectivity index (χ1v) is 7.85. The largest absolute Gasteiger partial charge is 0.334 e. The fourth-order valence-corrected chi connectivity index (χ4v) is 2.61. The third-order valence-corrected chi connectivity index (χ3v) is 3.88. The van der Waals surface area contributed by atoms with Gasteiger partial charge in [0.25, 0.3) is 5.89 Å². The molecule has 0 fully saturated rings. The van der Waals surface area contributed by atoms with Crippen molar-refractivity contribution in [3.63, 3.8) is 0 Å². The second kappa shape index (κ2) is 6.12. The van der Waals surface area contributed by atoms with E-state index < -0.39 is 0 Å². The normalized spacial score (nSPS) is 11.5. The summed E-state index contributed by atoms with van der Waals surface area (Å²) >= 11 is 0. The van der Waals surface area contributed by atoms with Gasteiger partial charge in [-0.25, -0.2) is 4.98 Å². The molecule has 5 heteroatoms. The molecule has 2 aromatic heterocycles. The van der Waals surface area contributed by atoms with E-state index in [1.165, 1.54) is 0 Å². The van der Waals surface area contributed by atoms with Gasteiger partial charge in [0.2, 0.25) is 5.82 Å². The highest BCUT2D eigenvalue weighted by molar-refractivity contribution is 5.80. The molecule has 4 aromatic rings. The fraction of sp³-hybridized carbons (Fsp3) is 0.105. The van der Waals surface area contributed by atoms with Gasteiger partial charge in [-0.3, -0.25) is 0 Å². The summed E-state index contributed by atoms with van der Waals surface area (Å²) in [7, 11) is 0. The summed E-state index contributed by atoms with van der Waals surface area (Å²) in [4.78, 5) is 8.85. The van der Waals surface area contributed by atoms with Crippen molar-refractivity contribution in [2.24, 2.45) is 0 Å². The molecule has 2 heterocycles. The Kier molecular flexibility index (Phi) is 3.67. The van der Waals surface area contributed by atoms with Crippen LogP contribution in [0.2, 0.25) is 0 Å². The number of imidazole rings is 1. The van der Waals surface area contributed by atoms with Crippen LogP contribution in [0, 0.1) is 0 Å². The van der Waals surface area contributed by atoms with E-state index in [0.717, 1.165) is 28.7 Å². The Morgan fingerprint density at radius 1 is 1.08 bits per heavy atom. The molecule has 118 valence electrons. The molecule has 0 spiro atoms. The second-order valence-corrected chi connectivity index (χ2v) is 5.43. The van der Waals surface area contributed by atoms with Gasteiger partial charge in [0, 0.05) is 18.2 Å². The number of fused-ring (bicyclic) bond motifs is 1. The standard InChI is InChI=1S/C19H16N4O/c1-2-23-13-20-16-12-15(9-10-17(16)23)19-21-18(24-22-19)11-8-14-6-4-3-5-7-14/h3-13H,2H2,1H3. The summed E-state index contributed by atoms with van der Waals surface area (Å²) < 4.78 is 7.41. The van der Waals surface area contributed by atoms with Crippen LogP contribution in [0.15, 0.2) is 59.4 Å². The minimum Gasteiger partial charge on any atom is -0.334 e. The molecule has 0 saturated heterocycles. The van der Waals surface area contributed by atoms with Crippen molar-refractivity contribution in [3.8, 4) is 11.4 Å². The van der Waals surface area contributed by atoms with Gasteiger partial charge >= 0.3 is 0 Å². The zero-order valence-electron chi connectivity index (χ0n) is 13.3. The number of rotatable bonds is 4. The summed E-state index contributed by atoms with van der Waals surface area (Å²) in [6.07, 6.45) is 5.61. The average molecular weight is 316 g/mol. The fourth-order valence-electron chi connectivity index (χ4n) is 2.61. The van der Waals surface area contributed by atoms with Gasteiger partial charge in [-0.05, 0) is 36.8 Å². The molecule has 0 aliphatic carbocycles. The highest BCUT2D eigenvalue weighted by Gasteiger charge is 2.09. The van der Waals surface area contributed by atoms with Crippen LogP contribution in [0.5, 0.6) is 0 Å². The lowest BCUT2D eigenvalue weighted by molar-refractivity contribution is 0.411. The van der Waals surface area contributed by atoms with Gasteiger partial charge < -0.3 is 9.09 Å². The minimum atomic E-state index is 0.480. The predicted octanol–water partition coefficient (Wildman–Crippen LogP) is 4.28. The molecular weight excluding hydrogens is 300 g/mol. The highest BCUT2D eigenvalue weighted by atomic mass is 16.5. The number of aryl methyl sites for hydroxylation is 1. The maximum absolute atomic E-state index is 5.31. The van der Waals surface area contributed by atoms with Crippen LogP contribution < -0.4 is 0 Å². The van der Waals surface area contributed by atoms with Crippen molar-refractivity contribution >= 4 is 23.2 Å². The summed E-state index contributed by atoms with van der Waals surface area (Å²) in [6, 6.07) is 16.0. The molecular formula is C19H16N4O. The van der Waals surface area contributed by atoms with Gasteiger partial charge in [-0.15, -0.1) is 0 Å². The quantitative estimate of drug-likeness (QED) is 0.564. The van der Waals surface area contributed by atoms with E-state index in [-0.39, 0.29) is 0 Å². The van der Waals surface area contributed by atoms with Crippen molar-refractivity contribution in [2.75, 3.05) is 0 Å². The molecule has 0 unspecified atom stereocenters. The smallest absolute Gasteiger partial charge is 0.250 e. The Morgan fingerprint density at radius 3 is 2.79 bits per heavy atom. The number of benzene rings is 2. The van der Waals surface area contributed by atoms with E-state index in [2.05, 4.69) is 26.6 Å². The predicted molar refractivity (Wildman–Crippen MR) is 94.1 cm³/mol. The Morgan fingerprint density at radius 2 is 1.96 bits per heavy atom. The Balaban J connectivity index is 1.61. The topological polar surface area (TPSA) is 56.7 Å².